The lowest BCUT2D eigenvalue weighted by Crippen LogP contribution is -2.03. The van der Waals surface area contributed by atoms with E-state index >= 15 is 0 Å². The Morgan fingerprint density at radius 3 is 2.80 bits per heavy atom. The van der Waals surface area contributed by atoms with Crippen molar-refractivity contribution in [2.75, 3.05) is 0 Å². The van der Waals surface area contributed by atoms with Gasteiger partial charge in [-0.25, -0.2) is 4.39 Å². The molecule has 0 aromatic heterocycles. The molecular weight excluding hydrogens is 255 g/mol. The minimum Gasteiger partial charge on any atom is -0.207 e. The van der Waals surface area contributed by atoms with E-state index in [4.69, 9.17) is 0 Å². The SMILES string of the molecule is Fc1cc(Br)c2c(c1)C(C1CC1)=CCC2. The van der Waals surface area contributed by atoms with Crippen molar-refractivity contribution >= 4 is 21.5 Å². The second-order valence-electron chi connectivity index (χ2n) is 4.39. The van der Waals surface area contributed by atoms with E-state index in [2.05, 4.69) is 22.0 Å². The van der Waals surface area contributed by atoms with E-state index in [0.717, 1.165) is 22.9 Å². The standard InChI is InChI=1S/C13H12BrF/c14-13-7-9(15)6-12-10(8-4-5-8)2-1-3-11(12)13/h2,6-8H,1,3-5H2. The molecular formula is C13H12BrF. The average molecular weight is 267 g/mol. The van der Waals surface area contributed by atoms with Crippen molar-refractivity contribution in [1.82, 2.24) is 0 Å². The van der Waals surface area contributed by atoms with E-state index in [1.807, 2.05) is 0 Å². The zero-order chi connectivity index (χ0) is 10.4. The molecule has 15 heavy (non-hydrogen) atoms. The van der Waals surface area contributed by atoms with Gasteiger partial charge < -0.3 is 0 Å². The van der Waals surface area contributed by atoms with Crippen LogP contribution in [0.15, 0.2) is 22.7 Å². The lowest BCUT2D eigenvalue weighted by Gasteiger charge is -2.19. The van der Waals surface area contributed by atoms with Gasteiger partial charge in [-0.3, -0.25) is 0 Å². The van der Waals surface area contributed by atoms with Crippen LogP contribution in [0.5, 0.6) is 0 Å². The molecule has 1 aromatic carbocycles. The maximum absolute atomic E-state index is 13.4. The number of rotatable bonds is 1. The van der Waals surface area contributed by atoms with Gasteiger partial charge in [0.2, 0.25) is 0 Å². The van der Waals surface area contributed by atoms with E-state index in [0.29, 0.717) is 5.92 Å². The van der Waals surface area contributed by atoms with E-state index in [-0.39, 0.29) is 5.82 Å². The topological polar surface area (TPSA) is 0 Å². The predicted octanol–water partition coefficient (Wildman–Crippen LogP) is 4.33. The molecule has 1 aromatic rings. The zero-order valence-corrected chi connectivity index (χ0v) is 9.98. The summed E-state index contributed by atoms with van der Waals surface area (Å²) < 4.78 is 14.3. The molecule has 0 amide bonds. The highest BCUT2D eigenvalue weighted by Gasteiger charge is 2.30. The number of benzene rings is 1. The Balaban J connectivity index is 2.15. The summed E-state index contributed by atoms with van der Waals surface area (Å²) in [6.45, 7) is 0. The molecule has 1 saturated carbocycles. The van der Waals surface area contributed by atoms with Crippen LogP contribution in [0.25, 0.3) is 5.57 Å². The molecule has 0 unspecified atom stereocenters. The molecule has 2 heteroatoms. The smallest absolute Gasteiger partial charge is 0.124 e. The summed E-state index contributed by atoms with van der Waals surface area (Å²) >= 11 is 3.46. The Morgan fingerprint density at radius 2 is 2.07 bits per heavy atom. The summed E-state index contributed by atoms with van der Waals surface area (Å²) in [5.41, 5.74) is 3.83. The molecule has 0 aliphatic heterocycles. The van der Waals surface area contributed by atoms with Crippen LogP contribution in [0.2, 0.25) is 0 Å². The maximum atomic E-state index is 13.4. The van der Waals surface area contributed by atoms with E-state index in [9.17, 15) is 4.39 Å². The summed E-state index contributed by atoms with van der Waals surface area (Å²) in [5, 5.41) is 0. The van der Waals surface area contributed by atoms with Crippen LogP contribution in [0.3, 0.4) is 0 Å². The van der Waals surface area contributed by atoms with Gasteiger partial charge in [-0.15, -0.1) is 0 Å². The molecule has 0 radical (unpaired) electrons. The normalized spacial score (nSPS) is 19.7. The number of hydrogen-bond donors (Lipinski definition) is 0. The minimum absolute atomic E-state index is 0.130. The van der Waals surface area contributed by atoms with E-state index < -0.39 is 0 Å². The Bertz CT molecular complexity index is 444. The minimum atomic E-state index is -0.130. The van der Waals surface area contributed by atoms with Crippen LogP contribution in [0, 0.1) is 11.7 Å². The van der Waals surface area contributed by atoms with Gasteiger partial charge in [0.05, 0.1) is 0 Å². The van der Waals surface area contributed by atoms with Crippen LogP contribution in [-0.2, 0) is 6.42 Å². The Labute approximate surface area is 97.3 Å². The summed E-state index contributed by atoms with van der Waals surface area (Å²) in [4.78, 5) is 0. The average Bonchev–Trinajstić information content (AvgIpc) is 3.00. The first-order valence-electron chi connectivity index (χ1n) is 5.44. The highest BCUT2D eigenvalue weighted by molar-refractivity contribution is 9.10. The Morgan fingerprint density at radius 1 is 1.27 bits per heavy atom. The van der Waals surface area contributed by atoms with Gasteiger partial charge in [-0.05, 0) is 60.4 Å². The Hall–Kier alpha value is -0.630. The third kappa shape index (κ3) is 1.65. The first-order valence-corrected chi connectivity index (χ1v) is 6.23. The lowest BCUT2D eigenvalue weighted by atomic mass is 9.88. The van der Waals surface area contributed by atoms with Crippen molar-refractivity contribution in [3.8, 4) is 0 Å². The molecule has 2 aliphatic rings. The summed E-state index contributed by atoms with van der Waals surface area (Å²) in [6.07, 6.45) is 6.99. The number of fused-ring (bicyclic) bond motifs is 1. The quantitative estimate of drug-likeness (QED) is 0.710. The number of halogens is 2. The van der Waals surface area contributed by atoms with Gasteiger partial charge in [0, 0.05) is 4.47 Å². The largest absolute Gasteiger partial charge is 0.207 e. The number of hydrogen-bond acceptors (Lipinski definition) is 0. The Kier molecular flexibility index (Phi) is 2.20. The predicted molar refractivity (Wildman–Crippen MR) is 63.1 cm³/mol. The summed E-state index contributed by atoms with van der Waals surface area (Å²) in [5.74, 6) is 0.576. The molecule has 0 N–H and O–H groups in total. The molecule has 0 atom stereocenters. The van der Waals surface area contributed by atoms with Crippen molar-refractivity contribution in [3.63, 3.8) is 0 Å². The van der Waals surface area contributed by atoms with E-state index in [1.54, 1.807) is 12.1 Å². The van der Waals surface area contributed by atoms with Crippen molar-refractivity contribution in [2.45, 2.75) is 25.7 Å². The number of allylic oxidation sites excluding steroid dienone is 2. The molecule has 3 rings (SSSR count). The molecule has 1 fully saturated rings. The zero-order valence-electron chi connectivity index (χ0n) is 8.39. The molecule has 0 saturated heterocycles. The molecule has 0 heterocycles. The summed E-state index contributed by atoms with van der Waals surface area (Å²) in [7, 11) is 0. The molecule has 78 valence electrons. The van der Waals surface area contributed by atoms with Crippen LogP contribution in [0.4, 0.5) is 4.39 Å². The van der Waals surface area contributed by atoms with Gasteiger partial charge >= 0.3 is 0 Å². The van der Waals surface area contributed by atoms with Gasteiger partial charge in [0.15, 0.2) is 0 Å². The fourth-order valence-corrected chi connectivity index (χ4v) is 3.01. The second-order valence-corrected chi connectivity index (χ2v) is 5.24. The highest BCUT2D eigenvalue weighted by Crippen LogP contribution is 2.46. The van der Waals surface area contributed by atoms with Crippen molar-refractivity contribution in [2.24, 2.45) is 5.92 Å². The van der Waals surface area contributed by atoms with Gasteiger partial charge in [-0.2, -0.15) is 0 Å². The van der Waals surface area contributed by atoms with Crippen molar-refractivity contribution < 1.29 is 4.39 Å². The maximum Gasteiger partial charge on any atom is 0.124 e. The molecule has 0 bridgehead atoms. The fraction of sp³-hybridized carbons (Fsp3) is 0.385. The monoisotopic (exact) mass is 266 g/mol. The van der Waals surface area contributed by atoms with Crippen LogP contribution >= 0.6 is 15.9 Å². The van der Waals surface area contributed by atoms with Crippen LogP contribution < -0.4 is 0 Å². The van der Waals surface area contributed by atoms with Crippen molar-refractivity contribution in [3.05, 3.63) is 39.6 Å². The van der Waals surface area contributed by atoms with Gasteiger partial charge in [-0.1, -0.05) is 22.0 Å². The van der Waals surface area contributed by atoms with E-state index in [1.165, 1.54) is 24.0 Å². The molecule has 2 aliphatic carbocycles. The van der Waals surface area contributed by atoms with Gasteiger partial charge in [0.1, 0.15) is 5.82 Å². The van der Waals surface area contributed by atoms with Gasteiger partial charge in [0.25, 0.3) is 0 Å². The van der Waals surface area contributed by atoms with Crippen molar-refractivity contribution in [1.29, 1.82) is 0 Å². The highest BCUT2D eigenvalue weighted by atomic mass is 79.9. The first kappa shape index (κ1) is 9.59. The molecule has 0 spiro atoms. The van der Waals surface area contributed by atoms with Crippen LogP contribution in [-0.4, -0.2) is 0 Å². The molecule has 0 nitrogen and oxygen atoms in total. The summed E-state index contributed by atoms with van der Waals surface area (Å²) in [6, 6.07) is 3.28. The second kappa shape index (κ2) is 3.44. The third-order valence-electron chi connectivity index (χ3n) is 3.25. The third-order valence-corrected chi connectivity index (χ3v) is 3.95. The first-order chi connectivity index (χ1) is 7.25. The van der Waals surface area contributed by atoms with Crippen LogP contribution in [0.1, 0.15) is 30.4 Å². The fourth-order valence-electron chi connectivity index (χ4n) is 2.38. The lowest BCUT2D eigenvalue weighted by molar-refractivity contribution is 0.624.